The number of aryl methyl sites for hydroxylation is 1. The molecule has 0 bridgehead atoms. The number of urea groups is 1. The van der Waals surface area contributed by atoms with Gasteiger partial charge in [0.25, 0.3) is 0 Å². The number of amides is 3. The number of rotatable bonds is 6. The van der Waals surface area contributed by atoms with Crippen molar-refractivity contribution in [3.63, 3.8) is 0 Å². The third-order valence-electron chi connectivity index (χ3n) is 5.28. The number of likely N-dealkylation sites (N-methyl/N-ethyl adjacent to an activating group) is 1. The van der Waals surface area contributed by atoms with Gasteiger partial charge in [-0.15, -0.1) is 0 Å². The highest BCUT2D eigenvalue weighted by Crippen LogP contribution is 2.35. The molecule has 8 nitrogen and oxygen atoms in total. The summed E-state index contributed by atoms with van der Waals surface area (Å²) in [5, 5.41) is 3.34. The van der Waals surface area contributed by atoms with Crippen molar-refractivity contribution in [1.29, 1.82) is 0 Å². The maximum atomic E-state index is 12.6. The van der Waals surface area contributed by atoms with E-state index in [9.17, 15) is 9.59 Å². The van der Waals surface area contributed by atoms with E-state index in [2.05, 4.69) is 54.2 Å². The fraction of sp³-hybridized carbons (Fsp3) is 0.524. The van der Waals surface area contributed by atoms with Crippen LogP contribution in [-0.4, -0.2) is 64.9 Å². The fourth-order valence-electron chi connectivity index (χ4n) is 4.00. The molecule has 3 N–H and O–H groups in total. The van der Waals surface area contributed by atoms with Crippen molar-refractivity contribution < 1.29 is 9.59 Å². The first-order valence-corrected chi connectivity index (χ1v) is 10.9. The molecule has 1 saturated heterocycles. The van der Waals surface area contributed by atoms with Crippen molar-refractivity contribution in [1.82, 2.24) is 19.8 Å². The zero-order valence-electron chi connectivity index (χ0n) is 18.2. The van der Waals surface area contributed by atoms with Gasteiger partial charge in [0.1, 0.15) is 6.04 Å². The molecule has 1 aliphatic heterocycles. The molecule has 3 amide bonds. The highest BCUT2D eigenvalue weighted by molar-refractivity contribution is 7.19. The van der Waals surface area contributed by atoms with Crippen LogP contribution < -0.4 is 11.1 Å². The molecule has 0 radical (unpaired) electrons. The first kappa shape index (κ1) is 22.2. The van der Waals surface area contributed by atoms with E-state index in [1.54, 1.807) is 0 Å². The van der Waals surface area contributed by atoms with Crippen LogP contribution in [0.3, 0.4) is 0 Å². The largest absolute Gasteiger partial charge is 0.368 e. The Kier molecular flexibility index (Phi) is 6.42. The van der Waals surface area contributed by atoms with Crippen molar-refractivity contribution in [2.75, 3.05) is 32.5 Å². The molecule has 2 aromatic heterocycles. The van der Waals surface area contributed by atoms with Crippen molar-refractivity contribution in [3.8, 4) is 10.4 Å². The Bertz CT molecular complexity index is 939. The van der Waals surface area contributed by atoms with Gasteiger partial charge in [-0.2, -0.15) is 0 Å². The highest BCUT2D eigenvalue weighted by Gasteiger charge is 2.33. The van der Waals surface area contributed by atoms with E-state index in [0.717, 1.165) is 34.8 Å². The van der Waals surface area contributed by atoms with Crippen LogP contribution in [0, 0.1) is 6.92 Å². The lowest BCUT2D eigenvalue weighted by molar-refractivity contribution is -0.121. The molecule has 162 valence electrons. The SMILES string of the molecule is Cc1nc(NC(=O)N2CCC[C@H]2C(N)=O)sc1-c1ccnc(C(C)(C)CN(C)C)c1. The number of nitrogens with zero attached hydrogens (tertiary/aromatic N) is 4. The van der Waals surface area contributed by atoms with Crippen LogP contribution in [0.2, 0.25) is 0 Å². The van der Waals surface area contributed by atoms with Gasteiger partial charge in [0.2, 0.25) is 5.91 Å². The lowest BCUT2D eigenvalue weighted by Crippen LogP contribution is -2.45. The minimum Gasteiger partial charge on any atom is -0.368 e. The van der Waals surface area contributed by atoms with Crippen LogP contribution in [-0.2, 0) is 10.2 Å². The standard InChI is InChI=1S/C21H30N6O2S/c1-13-17(14-8-9-23-16(11-14)21(2,3)12-26(4)5)30-19(24-13)25-20(29)27-10-6-7-15(27)18(22)28/h8-9,11,15H,6-7,10,12H2,1-5H3,(H2,22,28)(H,24,25,29)/t15-/m0/s1. The first-order valence-electron chi connectivity index (χ1n) is 10.0. The molecule has 0 aromatic carbocycles. The monoisotopic (exact) mass is 430 g/mol. The molecule has 0 unspecified atom stereocenters. The second-order valence-electron chi connectivity index (χ2n) is 8.67. The summed E-state index contributed by atoms with van der Waals surface area (Å²) in [7, 11) is 4.11. The minimum absolute atomic E-state index is 0.103. The number of hydrogen-bond acceptors (Lipinski definition) is 6. The molecule has 0 aliphatic carbocycles. The van der Waals surface area contributed by atoms with Gasteiger partial charge >= 0.3 is 6.03 Å². The molecule has 3 rings (SSSR count). The minimum atomic E-state index is -0.549. The molecule has 1 atom stereocenters. The summed E-state index contributed by atoms with van der Waals surface area (Å²) in [6, 6.07) is 3.18. The number of pyridine rings is 1. The Hall–Kier alpha value is -2.52. The summed E-state index contributed by atoms with van der Waals surface area (Å²) in [5.41, 5.74) is 8.19. The molecule has 9 heteroatoms. The number of hydrogen-bond donors (Lipinski definition) is 2. The number of nitrogens with one attached hydrogen (secondary N) is 1. The van der Waals surface area contributed by atoms with Crippen LogP contribution in [0.25, 0.3) is 10.4 Å². The van der Waals surface area contributed by atoms with Gasteiger partial charge in [-0.1, -0.05) is 25.2 Å². The second-order valence-corrected chi connectivity index (χ2v) is 9.67. The molecule has 30 heavy (non-hydrogen) atoms. The summed E-state index contributed by atoms with van der Waals surface area (Å²) < 4.78 is 0. The van der Waals surface area contributed by atoms with E-state index >= 15 is 0 Å². The number of primary amides is 1. The molecule has 1 fully saturated rings. The summed E-state index contributed by atoms with van der Waals surface area (Å²) >= 11 is 1.42. The van der Waals surface area contributed by atoms with E-state index in [0.29, 0.717) is 18.1 Å². The smallest absolute Gasteiger partial charge is 0.324 e. The van der Waals surface area contributed by atoms with E-state index in [1.165, 1.54) is 16.2 Å². The van der Waals surface area contributed by atoms with Crippen molar-refractivity contribution >= 4 is 28.4 Å². The number of thiazole rings is 1. The van der Waals surface area contributed by atoms with Crippen LogP contribution in [0.1, 0.15) is 38.1 Å². The Morgan fingerprint density at radius 1 is 1.40 bits per heavy atom. The van der Waals surface area contributed by atoms with Crippen LogP contribution in [0.5, 0.6) is 0 Å². The number of carbonyl (C=O) groups excluding carboxylic acids is 2. The van der Waals surface area contributed by atoms with E-state index < -0.39 is 11.9 Å². The van der Waals surface area contributed by atoms with Crippen molar-refractivity contribution in [2.24, 2.45) is 5.73 Å². The molecule has 1 aliphatic rings. The zero-order valence-corrected chi connectivity index (χ0v) is 19.0. The summed E-state index contributed by atoms with van der Waals surface area (Å²) in [6.45, 7) is 7.67. The molecular weight excluding hydrogens is 400 g/mol. The van der Waals surface area contributed by atoms with Gasteiger partial charge in [0.05, 0.1) is 10.6 Å². The number of nitrogens with two attached hydrogens (primary N) is 1. The molecule has 0 spiro atoms. The maximum Gasteiger partial charge on any atom is 0.324 e. The summed E-state index contributed by atoms with van der Waals surface area (Å²) in [4.78, 5) is 37.9. The summed E-state index contributed by atoms with van der Waals surface area (Å²) in [6.07, 6.45) is 3.19. The Balaban J connectivity index is 1.81. The Labute approximate surface area is 181 Å². The van der Waals surface area contributed by atoms with E-state index in [4.69, 9.17) is 5.73 Å². The average molecular weight is 431 g/mol. The second kappa shape index (κ2) is 8.69. The first-order chi connectivity index (χ1) is 14.1. The van der Waals surface area contributed by atoms with Crippen LogP contribution in [0.15, 0.2) is 18.3 Å². The number of carbonyl (C=O) groups is 2. The van der Waals surface area contributed by atoms with Gasteiger partial charge < -0.3 is 15.5 Å². The van der Waals surface area contributed by atoms with Crippen molar-refractivity contribution in [3.05, 3.63) is 29.7 Å². The van der Waals surface area contributed by atoms with E-state index in [1.807, 2.05) is 19.2 Å². The topological polar surface area (TPSA) is 104 Å². The highest BCUT2D eigenvalue weighted by atomic mass is 32.1. The predicted molar refractivity (Wildman–Crippen MR) is 120 cm³/mol. The predicted octanol–water partition coefficient (Wildman–Crippen LogP) is 2.83. The number of anilines is 1. The van der Waals surface area contributed by atoms with Gasteiger partial charge in [0.15, 0.2) is 5.13 Å². The Morgan fingerprint density at radius 3 is 2.80 bits per heavy atom. The number of likely N-dealkylation sites (tertiary alicyclic amines) is 1. The zero-order chi connectivity index (χ0) is 22.1. The van der Waals surface area contributed by atoms with Gasteiger partial charge in [0, 0.05) is 30.4 Å². The number of aromatic nitrogens is 2. The average Bonchev–Trinajstić information content (AvgIpc) is 3.27. The normalized spacial score (nSPS) is 16.9. The quantitative estimate of drug-likeness (QED) is 0.733. The molecule has 3 heterocycles. The van der Waals surface area contributed by atoms with E-state index in [-0.39, 0.29) is 11.4 Å². The lowest BCUT2D eigenvalue weighted by Gasteiger charge is -2.28. The van der Waals surface area contributed by atoms with Gasteiger partial charge in [-0.05, 0) is 51.6 Å². The maximum absolute atomic E-state index is 12.6. The molecular formula is C21H30N6O2S. The van der Waals surface area contributed by atoms with Gasteiger partial charge in [-0.3, -0.25) is 15.1 Å². The third-order valence-corrected chi connectivity index (χ3v) is 6.40. The van der Waals surface area contributed by atoms with Crippen molar-refractivity contribution in [2.45, 2.75) is 45.1 Å². The lowest BCUT2D eigenvalue weighted by atomic mass is 9.87. The Morgan fingerprint density at radius 2 is 2.13 bits per heavy atom. The third kappa shape index (κ3) is 4.79. The summed E-state index contributed by atoms with van der Waals surface area (Å²) in [5.74, 6) is -0.469. The molecule has 2 aromatic rings. The van der Waals surface area contributed by atoms with Crippen LogP contribution in [0.4, 0.5) is 9.93 Å². The molecule has 0 saturated carbocycles. The van der Waals surface area contributed by atoms with Crippen LogP contribution >= 0.6 is 11.3 Å². The van der Waals surface area contributed by atoms with Gasteiger partial charge in [-0.25, -0.2) is 9.78 Å². The fourth-order valence-corrected chi connectivity index (χ4v) is 4.95.